The monoisotopic (exact) mass is 264 g/mol. The summed E-state index contributed by atoms with van der Waals surface area (Å²) in [6.45, 7) is 4.79. The minimum atomic E-state index is -0.518. The van der Waals surface area contributed by atoms with Gasteiger partial charge >= 0.3 is 11.9 Å². The van der Waals surface area contributed by atoms with Crippen LogP contribution in [0.3, 0.4) is 0 Å². The molecule has 0 saturated carbocycles. The number of esters is 2. The third-order valence-corrected chi connectivity index (χ3v) is 2.03. The van der Waals surface area contributed by atoms with Crippen molar-refractivity contribution in [3.8, 4) is 5.75 Å². The molecule has 0 saturated heterocycles. The van der Waals surface area contributed by atoms with Gasteiger partial charge in [-0.25, -0.2) is 9.59 Å². The van der Waals surface area contributed by atoms with Crippen molar-refractivity contribution < 1.29 is 23.8 Å². The van der Waals surface area contributed by atoms with Crippen molar-refractivity contribution in [2.24, 2.45) is 0 Å². The molecule has 5 nitrogen and oxygen atoms in total. The minimum absolute atomic E-state index is 0.00275. The summed E-state index contributed by atoms with van der Waals surface area (Å²) in [6, 6.07) is 8.93. The fourth-order valence-electron chi connectivity index (χ4n) is 1.11. The zero-order valence-electron chi connectivity index (χ0n) is 10.8. The fraction of sp³-hybridized carbons (Fsp3) is 0.286. The molecule has 0 aliphatic heterocycles. The highest BCUT2D eigenvalue weighted by atomic mass is 16.6. The van der Waals surface area contributed by atoms with Gasteiger partial charge in [0.05, 0.1) is 0 Å². The summed E-state index contributed by atoms with van der Waals surface area (Å²) in [7, 11) is 0. The maximum Gasteiger partial charge on any atom is 0.344 e. The number of carbonyl (C=O) groups is 2. The summed E-state index contributed by atoms with van der Waals surface area (Å²) in [5.41, 5.74) is 0.304. The quantitative estimate of drug-likeness (QED) is 0.426. The van der Waals surface area contributed by atoms with E-state index in [1.807, 2.05) is 6.07 Å². The highest BCUT2D eigenvalue weighted by Crippen LogP contribution is 2.07. The second-order valence-corrected chi connectivity index (χ2v) is 3.74. The van der Waals surface area contributed by atoms with Crippen LogP contribution in [0.25, 0.3) is 0 Å². The Hall–Kier alpha value is -2.30. The van der Waals surface area contributed by atoms with Crippen LogP contribution in [-0.4, -0.2) is 31.8 Å². The van der Waals surface area contributed by atoms with Crippen molar-refractivity contribution in [2.45, 2.75) is 6.92 Å². The Bertz CT molecular complexity index is 438. The molecular formula is C14H16O5. The summed E-state index contributed by atoms with van der Waals surface area (Å²) in [5, 5.41) is 0. The van der Waals surface area contributed by atoms with Gasteiger partial charge in [-0.2, -0.15) is 0 Å². The highest BCUT2D eigenvalue weighted by Gasteiger charge is 2.06. The van der Waals surface area contributed by atoms with Gasteiger partial charge in [-0.15, -0.1) is 0 Å². The summed E-state index contributed by atoms with van der Waals surface area (Å²) < 4.78 is 14.8. The van der Waals surface area contributed by atoms with E-state index in [0.717, 1.165) is 0 Å². The number of carbonyl (C=O) groups excluding carboxylic acids is 2. The summed E-state index contributed by atoms with van der Waals surface area (Å²) in [6.07, 6.45) is 0. The van der Waals surface area contributed by atoms with Crippen molar-refractivity contribution in [2.75, 3.05) is 19.8 Å². The molecule has 102 valence electrons. The molecule has 0 N–H and O–H groups in total. The zero-order valence-corrected chi connectivity index (χ0v) is 10.8. The Balaban J connectivity index is 2.12. The van der Waals surface area contributed by atoms with E-state index in [0.29, 0.717) is 11.3 Å². The predicted octanol–water partition coefficient (Wildman–Crippen LogP) is 1.73. The Labute approximate surface area is 111 Å². The first-order valence-electron chi connectivity index (χ1n) is 5.75. The topological polar surface area (TPSA) is 61.8 Å². The summed E-state index contributed by atoms with van der Waals surface area (Å²) in [4.78, 5) is 22.3. The lowest BCUT2D eigenvalue weighted by Gasteiger charge is -2.07. The molecule has 0 amide bonds. The van der Waals surface area contributed by atoms with E-state index in [9.17, 15) is 9.59 Å². The standard InChI is InChI=1S/C14H16O5/c1-11(2)14(16)18-9-8-17-13(15)10-19-12-6-4-3-5-7-12/h3-7H,1,8-10H2,2H3. The summed E-state index contributed by atoms with van der Waals surface area (Å²) in [5.74, 6) is -0.431. The van der Waals surface area contributed by atoms with Gasteiger partial charge in [0.25, 0.3) is 0 Å². The van der Waals surface area contributed by atoms with Crippen LogP contribution < -0.4 is 4.74 Å². The van der Waals surface area contributed by atoms with Gasteiger partial charge in [-0.05, 0) is 19.1 Å². The van der Waals surface area contributed by atoms with E-state index in [-0.39, 0.29) is 19.8 Å². The van der Waals surface area contributed by atoms with E-state index in [2.05, 4.69) is 6.58 Å². The predicted molar refractivity (Wildman–Crippen MR) is 68.7 cm³/mol. The maximum atomic E-state index is 11.3. The maximum absolute atomic E-state index is 11.3. The summed E-state index contributed by atoms with van der Waals surface area (Å²) >= 11 is 0. The smallest absolute Gasteiger partial charge is 0.344 e. The van der Waals surface area contributed by atoms with Crippen LogP contribution in [-0.2, 0) is 19.1 Å². The first-order valence-corrected chi connectivity index (χ1v) is 5.75. The van der Waals surface area contributed by atoms with Crippen molar-refractivity contribution in [3.05, 3.63) is 42.5 Å². The molecule has 0 unspecified atom stereocenters. The Morgan fingerprint density at radius 3 is 2.37 bits per heavy atom. The van der Waals surface area contributed by atoms with Crippen LogP contribution in [0.2, 0.25) is 0 Å². The number of rotatable bonds is 7. The van der Waals surface area contributed by atoms with Crippen LogP contribution in [0.1, 0.15) is 6.92 Å². The van der Waals surface area contributed by atoms with E-state index in [1.165, 1.54) is 0 Å². The van der Waals surface area contributed by atoms with Crippen molar-refractivity contribution >= 4 is 11.9 Å². The minimum Gasteiger partial charge on any atom is -0.482 e. The largest absolute Gasteiger partial charge is 0.482 e. The van der Waals surface area contributed by atoms with Gasteiger partial charge in [0.15, 0.2) is 6.61 Å². The molecular weight excluding hydrogens is 248 g/mol. The Kier molecular flexibility index (Phi) is 6.15. The number of hydrogen-bond donors (Lipinski definition) is 0. The molecule has 0 heterocycles. The molecule has 0 spiro atoms. The van der Waals surface area contributed by atoms with Gasteiger partial charge in [0.1, 0.15) is 19.0 Å². The Morgan fingerprint density at radius 1 is 1.11 bits per heavy atom. The first-order chi connectivity index (χ1) is 9.09. The van der Waals surface area contributed by atoms with Crippen molar-refractivity contribution in [1.29, 1.82) is 0 Å². The number of hydrogen-bond acceptors (Lipinski definition) is 5. The van der Waals surface area contributed by atoms with Crippen LogP contribution in [0.4, 0.5) is 0 Å². The molecule has 1 aromatic carbocycles. The van der Waals surface area contributed by atoms with Gasteiger partial charge in [0.2, 0.25) is 0 Å². The van der Waals surface area contributed by atoms with Crippen molar-refractivity contribution in [1.82, 2.24) is 0 Å². The molecule has 0 aliphatic rings. The normalized spacial score (nSPS) is 9.53. The fourth-order valence-corrected chi connectivity index (χ4v) is 1.11. The van der Waals surface area contributed by atoms with Gasteiger partial charge < -0.3 is 14.2 Å². The van der Waals surface area contributed by atoms with Crippen LogP contribution in [0.15, 0.2) is 42.5 Å². The van der Waals surface area contributed by atoms with E-state index in [4.69, 9.17) is 14.2 Å². The Morgan fingerprint density at radius 2 is 1.74 bits per heavy atom. The molecule has 0 aliphatic carbocycles. The van der Waals surface area contributed by atoms with Crippen molar-refractivity contribution in [3.63, 3.8) is 0 Å². The van der Waals surface area contributed by atoms with E-state index >= 15 is 0 Å². The molecule has 0 aromatic heterocycles. The SMILES string of the molecule is C=C(C)C(=O)OCCOC(=O)COc1ccccc1. The van der Waals surface area contributed by atoms with Crippen LogP contribution >= 0.6 is 0 Å². The third-order valence-electron chi connectivity index (χ3n) is 2.03. The van der Waals surface area contributed by atoms with E-state index < -0.39 is 11.9 Å². The van der Waals surface area contributed by atoms with E-state index in [1.54, 1.807) is 31.2 Å². The van der Waals surface area contributed by atoms with Gasteiger partial charge in [-0.3, -0.25) is 0 Å². The second-order valence-electron chi connectivity index (χ2n) is 3.74. The molecule has 0 bridgehead atoms. The molecule has 19 heavy (non-hydrogen) atoms. The first kappa shape index (κ1) is 14.8. The second kappa shape index (κ2) is 7.92. The molecule has 0 fully saturated rings. The lowest BCUT2D eigenvalue weighted by Crippen LogP contribution is -2.18. The molecule has 0 radical (unpaired) electrons. The third kappa shape index (κ3) is 6.26. The lowest BCUT2D eigenvalue weighted by atomic mass is 10.3. The average Bonchev–Trinajstić information content (AvgIpc) is 2.42. The number of benzene rings is 1. The molecule has 5 heteroatoms. The van der Waals surface area contributed by atoms with Gasteiger partial charge in [0, 0.05) is 5.57 Å². The molecule has 0 atom stereocenters. The zero-order chi connectivity index (χ0) is 14.1. The van der Waals surface area contributed by atoms with Crippen LogP contribution in [0, 0.1) is 0 Å². The van der Waals surface area contributed by atoms with Gasteiger partial charge in [-0.1, -0.05) is 24.8 Å². The van der Waals surface area contributed by atoms with Crippen LogP contribution in [0.5, 0.6) is 5.75 Å². The average molecular weight is 264 g/mol. The molecule has 1 aromatic rings. The number of para-hydroxylation sites is 1. The highest BCUT2D eigenvalue weighted by molar-refractivity contribution is 5.86. The number of ether oxygens (including phenoxy) is 3. The molecule has 1 rings (SSSR count). The lowest BCUT2D eigenvalue weighted by molar-refractivity contribution is -0.151.